The van der Waals surface area contributed by atoms with Crippen LogP contribution in [0.5, 0.6) is 0 Å². The summed E-state index contributed by atoms with van der Waals surface area (Å²) in [6.07, 6.45) is 8.94. The van der Waals surface area contributed by atoms with Gasteiger partial charge in [0, 0.05) is 68.3 Å². The summed E-state index contributed by atoms with van der Waals surface area (Å²) in [5.74, 6) is 0.0552. The molecule has 1 fully saturated rings. The summed E-state index contributed by atoms with van der Waals surface area (Å²) in [7, 11) is 0. The summed E-state index contributed by atoms with van der Waals surface area (Å²) in [5.41, 5.74) is 6.10. The first-order valence-electron chi connectivity index (χ1n) is 14.1. The molecule has 1 N–H and O–H groups in total. The lowest BCUT2D eigenvalue weighted by atomic mass is 10.1. The zero-order chi connectivity index (χ0) is 28.6. The fraction of sp³-hybridized carbons (Fsp3) is 0.424. The summed E-state index contributed by atoms with van der Waals surface area (Å²) < 4.78 is 0. The molecule has 1 aromatic carbocycles. The molecule has 0 aliphatic carbocycles. The number of benzene rings is 1. The number of aromatic nitrogens is 1. The summed E-state index contributed by atoms with van der Waals surface area (Å²) >= 11 is 0. The number of nitrogens with one attached hydrogen (secondary N) is 1. The van der Waals surface area contributed by atoms with Crippen molar-refractivity contribution in [3.63, 3.8) is 0 Å². The molecule has 0 saturated carbocycles. The van der Waals surface area contributed by atoms with E-state index in [2.05, 4.69) is 69.4 Å². The van der Waals surface area contributed by atoms with Crippen LogP contribution in [0.15, 0.2) is 84.7 Å². The van der Waals surface area contributed by atoms with Crippen LogP contribution >= 0.6 is 0 Å². The third kappa shape index (κ3) is 11.5. The molecule has 1 unspecified atom stereocenters. The van der Waals surface area contributed by atoms with Gasteiger partial charge in [0.2, 0.25) is 5.91 Å². The zero-order valence-electron chi connectivity index (χ0n) is 24.6. The molecule has 39 heavy (non-hydrogen) atoms. The van der Waals surface area contributed by atoms with E-state index in [1.54, 1.807) is 0 Å². The average Bonchev–Trinajstić information content (AvgIpc) is 2.91. The maximum atomic E-state index is 12.9. The van der Waals surface area contributed by atoms with Gasteiger partial charge in [-0.25, -0.2) is 0 Å². The van der Waals surface area contributed by atoms with E-state index >= 15 is 0 Å². The summed E-state index contributed by atoms with van der Waals surface area (Å²) in [6, 6.07) is 12.7. The highest BCUT2D eigenvalue weighted by Crippen LogP contribution is 2.12. The number of carbonyl (C=O) groups excluding carboxylic acids is 1. The van der Waals surface area contributed by atoms with Crippen LogP contribution < -0.4 is 5.32 Å². The Bertz CT molecular complexity index is 1110. The minimum absolute atomic E-state index is 0.0370. The van der Waals surface area contributed by atoms with Gasteiger partial charge in [0.05, 0.1) is 12.3 Å². The van der Waals surface area contributed by atoms with Crippen LogP contribution in [0, 0.1) is 6.92 Å². The van der Waals surface area contributed by atoms with Crippen molar-refractivity contribution in [3.05, 3.63) is 102 Å². The number of hydrogen-bond acceptors (Lipinski definition) is 5. The lowest BCUT2D eigenvalue weighted by molar-refractivity contribution is -0.123. The van der Waals surface area contributed by atoms with E-state index in [0.29, 0.717) is 19.4 Å². The number of rotatable bonds is 12. The highest BCUT2D eigenvalue weighted by atomic mass is 16.2. The third-order valence-electron chi connectivity index (χ3n) is 6.35. The number of pyridine rings is 1. The molecule has 2 aromatic rings. The zero-order valence-corrected chi connectivity index (χ0v) is 24.6. The molecule has 0 radical (unpaired) electrons. The van der Waals surface area contributed by atoms with Crippen LogP contribution in [0.3, 0.4) is 0 Å². The third-order valence-corrected chi connectivity index (χ3v) is 6.35. The number of carbonyl (C=O) groups is 1. The Morgan fingerprint density at radius 3 is 2.46 bits per heavy atom. The summed E-state index contributed by atoms with van der Waals surface area (Å²) in [6.45, 7) is 22.8. The smallest absolute Gasteiger partial charge is 0.234 e. The van der Waals surface area contributed by atoms with Gasteiger partial charge in [-0.2, -0.15) is 0 Å². The number of nitrogens with zero attached hydrogens (tertiary/aromatic N) is 4. The van der Waals surface area contributed by atoms with Gasteiger partial charge in [0.15, 0.2) is 0 Å². The minimum Gasteiger partial charge on any atom is -0.352 e. The van der Waals surface area contributed by atoms with Gasteiger partial charge in [0.25, 0.3) is 0 Å². The van der Waals surface area contributed by atoms with Crippen molar-refractivity contribution in [3.8, 4) is 0 Å². The molecule has 0 bridgehead atoms. The Kier molecular flexibility index (Phi) is 14.1. The predicted octanol–water partition coefficient (Wildman–Crippen LogP) is 5.74. The molecule has 2 heterocycles. The van der Waals surface area contributed by atoms with Crippen LogP contribution in [0.2, 0.25) is 0 Å². The van der Waals surface area contributed by atoms with Crippen LogP contribution in [0.25, 0.3) is 0 Å². The lowest BCUT2D eigenvalue weighted by Gasteiger charge is -2.34. The Morgan fingerprint density at radius 1 is 1.15 bits per heavy atom. The molecule has 210 valence electrons. The predicted molar refractivity (Wildman–Crippen MR) is 165 cm³/mol. The molecular weight excluding hydrogens is 482 g/mol. The highest BCUT2D eigenvalue weighted by molar-refractivity contribution is 6.08. The minimum atomic E-state index is -0.0370. The number of amides is 1. The first-order valence-corrected chi connectivity index (χ1v) is 14.1. The SMILES string of the molecule is C=CCC(Cc1ccc(C(/C=C\C)=NC(=C)C)cn1)NC(=O)CN1CCN(Cc2cccc(C)c2)CC1.CC. The van der Waals surface area contributed by atoms with Crippen molar-refractivity contribution >= 4 is 11.6 Å². The van der Waals surface area contributed by atoms with E-state index in [9.17, 15) is 4.79 Å². The van der Waals surface area contributed by atoms with Crippen LogP contribution in [0.4, 0.5) is 0 Å². The van der Waals surface area contributed by atoms with Gasteiger partial charge in [-0.3, -0.25) is 24.6 Å². The fourth-order valence-electron chi connectivity index (χ4n) is 4.56. The molecule has 6 nitrogen and oxygen atoms in total. The molecule has 1 atom stereocenters. The largest absolute Gasteiger partial charge is 0.352 e. The van der Waals surface area contributed by atoms with Gasteiger partial charge in [-0.15, -0.1) is 6.58 Å². The van der Waals surface area contributed by atoms with Gasteiger partial charge in [0.1, 0.15) is 0 Å². The normalized spacial score (nSPS) is 15.4. The van der Waals surface area contributed by atoms with E-state index in [4.69, 9.17) is 0 Å². The summed E-state index contributed by atoms with van der Waals surface area (Å²) in [4.78, 5) is 26.7. The maximum absolute atomic E-state index is 12.9. The molecule has 6 heteroatoms. The Balaban J connectivity index is 0.00000260. The molecule has 1 aromatic heterocycles. The quantitative estimate of drug-likeness (QED) is 0.282. The Labute approximate surface area is 236 Å². The standard InChI is InChI=1S/C31H41N5O.C2H6/c1-6-9-29(20-28-14-13-27(21-32-28)30(10-7-2)33-24(3)4)34-31(37)23-36-17-15-35(16-18-36)22-26-12-8-11-25(5)19-26;1-2/h6-8,10-14,19,21,29H,1,3,9,15-18,20,22-23H2,2,4-5H3,(H,34,37);1-2H3/b10-7-,33-30?;. The van der Waals surface area contributed by atoms with Crippen molar-refractivity contribution < 1.29 is 4.79 Å². The van der Waals surface area contributed by atoms with E-state index in [0.717, 1.165) is 55.4 Å². The Hall–Kier alpha value is -3.35. The second-order valence-corrected chi connectivity index (χ2v) is 9.80. The number of piperazine rings is 1. The van der Waals surface area contributed by atoms with E-state index in [1.165, 1.54) is 11.1 Å². The van der Waals surface area contributed by atoms with Gasteiger partial charge >= 0.3 is 0 Å². The van der Waals surface area contributed by atoms with Crippen LogP contribution in [-0.4, -0.2) is 65.2 Å². The van der Waals surface area contributed by atoms with E-state index in [1.807, 2.05) is 64.3 Å². The van der Waals surface area contributed by atoms with Crippen LogP contribution in [0.1, 0.15) is 56.5 Å². The van der Waals surface area contributed by atoms with E-state index < -0.39 is 0 Å². The molecule has 1 saturated heterocycles. The summed E-state index contributed by atoms with van der Waals surface area (Å²) in [5, 5.41) is 3.20. The highest BCUT2D eigenvalue weighted by Gasteiger charge is 2.20. The fourth-order valence-corrected chi connectivity index (χ4v) is 4.56. The van der Waals surface area contributed by atoms with Gasteiger partial charge in [-0.1, -0.05) is 62.4 Å². The maximum Gasteiger partial charge on any atom is 0.234 e. The number of hydrogen-bond donors (Lipinski definition) is 1. The number of aryl methyl sites for hydroxylation is 1. The van der Waals surface area contributed by atoms with Crippen LogP contribution in [-0.2, 0) is 17.8 Å². The van der Waals surface area contributed by atoms with Crippen molar-refractivity contribution in [2.24, 2.45) is 4.99 Å². The van der Waals surface area contributed by atoms with Gasteiger partial charge in [-0.05, 0) is 51.0 Å². The first kappa shape index (κ1) is 31.9. The molecule has 1 aliphatic rings. The molecule has 1 amide bonds. The van der Waals surface area contributed by atoms with Crippen molar-refractivity contribution in [1.82, 2.24) is 20.1 Å². The van der Waals surface area contributed by atoms with Crippen molar-refractivity contribution in [1.29, 1.82) is 0 Å². The average molecular weight is 530 g/mol. The monoisotopic (exact) mass is 529 g/mol. The topological polar surface area (TPSA) is 60.8 Å². The second-order valence-electron chi connectivity index (χ2n) is 9.80. The number of allylic oxidation sites excluding steroid dienone is 3. The van der Waals surface area contributed by atoms with E-state index in [-0.39, 0.29) is 11.9 Å². The van der Waals surface area contributed by atoms with Crippen molar-refractivity contribution in [2.45, 2.75) is 60.0 Å². The van der Waals surface area contributed by atoms with Crippen molar-refractivity contribution in [2.75, 3.05) is 32.7 Å². The lowest BCUT2D eigenvalue weighted by Crippen LogP contribution is -2.50. The molecular formula is C33H47N5O. The second kappa shape index (κ2) is 17.3. The van der Waals surface area contributed by atoms with Gasteiger partial charge < -0.3 is 5.32 Å². The Morgan fingerprint density at radius 2 is 1.87 bits per heavy atom. The molecule has 1 aliphatic heterocycles. The number of aliphatic imine (C=N–C) groups is 1. The first-order chi connectivity index (χ1) is 18.9. The molecule has 0 spiro atoms. The molecule has 3 rings (SSSR count).